The Labute approximate surface area is 199 Å². The van der Waals surface area contributed by atoms with Gasteiger partial charge in [-0.25, -0.2) is 4.39 Å². The Kier molecular flexibility index (Phi) is 6.92. The summed E-state index contributed by atoms with van der Waals surface area (Å²) < 4.78 is 28.3. The number of rotatable bonds is 5. The number of hydrogen-bond acceptors (Lipinski definition) is 6. The number of halogens is 2. The van der Waals surface area contributed by atoms with Crippen LogP contribution in [0.1, 0.15) is 24.8 Å². The average Bonchev–Trinajstić information content (AvgIpc) is 3.01. The first-order valence-electron chi connectivity index (χ1n) is 11.9. The zero-order valence-corrected chi connectivity index (χ0v) is 19.5. The standard InChI is InChI=1S/C25H31ClFN3O3/c26-19-5-4-6-20(31)22(19)23-21(32-12-11-29-8-2-1-3-9-29)13-17-15-30-10-7-28-14-18(30)16-33-25(17)24(23)27/h4-6,13,18,28,31H,1-3,7-12,14-16H2. The molecule has 3 heterocycles. The van der Waals surface area contributed by atoms with Crippen molar-refractivity contribution in [3.63, 3.8) is 0 Å². The molecule has 0 spiro atoms. The Balaban J connectivity index is 1.51. The van der Waals surface area contributed by atoms with Crippen molar-refractivity contribution in [1.82, 2.24) is 15.1 Å². The van der Waals surface area contributed by atoms with Gasteiger partial charge in [0.15, 0.2) is 11.6 Å². The predicted molar refractivity (Wildman–Crippen MR) is 127 cm³/mol. The molecule has 1 unspecified atom stereocenters. The molecule has 178 valence electrons. The molecule has 0 aliphatic carbocycles. The molecule has 33 heavy (non-hydrogen) atoms. The molecule has 0 aromatic heterocycles. The number of fused-ring (bicyclic) bond motifs is 2. The Morgan fingerprint density at radius 2 is 2.03 bits per heavy atom. The number of phenols is 1. The Bertz CT molecular complexity index is 979. The number of likely N-dealkylation sites (tertiary alicyclic amines) is 1. The molecule has 2 saturated heterocycles. The van der Waals surface area contributed by atoms with Crippen molar-refractivity contribution in [2.45, 2.75) is 31.8 Å². The third kappa shape index (κ3) is 4.78. The van der Waals surface area contributed by atoms with E-state index in [1.165, 1.54) is 25.3 Å². The fraction of sp³-hybridized carbons (Fsp3) is 0.520. The molecule has 2 aromatic carbocycles. The molecule has 1 atom stereocenters. The molecule has 3 aliphatic rings. The van der Waals surface area contributed by atoms with Crippen molar-refractivity contribution in [3.8, 4) is 28.4 Å². The zero-order valence-electron chi connectivity index (χ0n) is 18.8. The first-order chi connectivity index (χ1) is 16.1. The quantitative estimate of drug-likeness (QED) is 0.684. The van der Waals surface area contributed by atoms with Gasteiger partial charge in [-0.1, -0.05) is 24.1 Å². The van der Waals surface area contributed by atoms with E-state index >= 15 is 4.39 Å². The summed E-state index contributed by atoms with van der Waals surface area (Å²) in [7, 11) is 0. The van der Waals surface area contributed by atoms with Crippen molar-refractivity contribution in [3.05, 3.63) is 40.7 Å². The summed E-state index contributed by atoms with van der Waals surface area (Å²) in [5.74, 6) is 0.0000876. The Morgan fingerprint density at radius 3 is 2.85 bits per heavy atom. The number of piperazine rings is 1. The number of phenolic OH excluding ortho intramolecular Hbond substituents is 1. The largest absolute Gasteiger partial charge is 0.507 e. The average molecular weight is 476 g/mol. The fourth-order valence-electron chi connectivity index (χ4n) is 5.08. The minimum Gasteiger partial charge on any atom is -0.507 e. The molecule has 6 nitrogen and oxygen atoms in total. The lowest BCUT2D eigenvalue weighted by atomic mass is 9.99. The maximum Gasteiger partial charge on any atom is 0.177 e. The lowest BCUT2D eigenvalue weighted by molar-refractivity contribution is 0.119. The van der Waals surface area contributed by atoms with Gasteiger partial charge in [-0.2, -0.15) is 0 Å². The highest BCUT2D eigenvalue weighted by atomic mass is 35.5. The summed E-state index contributed by atoms with van der Waals surface area (Å²) in [6.07, 6.45) is 3.68. The molecule has 0 bridgehead atoms. The third-order valence-electron chi connectivity index (χ3n) is 6.88. The van der Waals surface area contributed by atoms with E-state index in [0.29, 0.717) is 25.5 Å². The molecule has 0 saturated carbocycles. The first kappa shape index (κ1) is 22.7. The fourth-order valence-corrected chi connectivity index (χ4v) is 5.34. The molecular formula is C25H31ClFN3O3. The summed E-state index contributed by atoms with van der Waals surface area (Å²) in [6.45, 7) is 6.95. The number of nitrogens with zero attached hydrogens (tertiary/aromatic N) is 2. The van der Waals surface area contributed by atoms with Gasteiger partial charge in [0.05, 0.1) is 16.6 Å². The van der Waals surface area contributed by atoms with Crippen LogP contribution in [0.2, 0.25) is 5.02 Å². The van der Waals surface area contributed by atoms with Crippen LogP contribution in [-0.4, -0.2) is 73.4 Å². The molecule has 5 rings (SSSR count). The molecule has 0 radical (unpaired) electrons. The molecule has 0 amide bonds. The minimum absolute atomic E-state index is 0.0857. The van der Waals surface area contributed by atoms with Crippen LogP contribution in [0.3, 0.4) is 0 Å². The van der Waals surface area contributed by atoms with Crippen LogP contribution in [0, 0.1) is 5.82 Å². The highest BCUT2D eigenvalue weighted by molar-refractivity contribution is 6.33. The van der Waals surface area contributed by atoms with Crippen LogP contribution in [0.5, 0.6) is 17.2 Å². The number of benzene rings is 2. The summed E-state index contributed by atoms with van der Waals surface area (Å²) >= 11 is 6.43. The summed E-state index contributed by atoms with van der Waals surface area (Å²) in [6, 6.07) is 6.85. The van der Waals surface area contributed by atoms with Crippen molar-refractivity contribution in [2.24, 2.45) is 0 Å². The third-order valence-corrected chi connectivity index (χ3v) is 7.20. The van der Waals surface area contributed by atoms with Gasteiger partial charge in [-0.3, -0.25) is 9.80 Å². The number of hydrogen-bond donors (Lipinski definition) is 2. The number of nitrogens with one attached hydrogen (secondary N) is 1. The molecule has 2 fully saturated rings. The van der Waals surface area contributed by atoms with Gasteiger partial charge in [-0.05, 0) is 44.1 Å². The first-order valence-corrected chi connectivity index (χ1v) is 12.3. The maximum absolute atomic E-state index is 16.1. The van der Waals surface area contributed by atoms with E-state index in [4.69, 9.17) is 21.1 Å². The summed E-state index contributed by atoms with van der Waals surface area (Å²) in [5, 5.41) is 14.2. The maximum atomic E-state index is 16.1. The number of ether oxygens (including phenoxy) is 2. The van der Waals surface area contributed by atoms with E-state index in [1.807, 2.05) is 6.07 Å². The van der Waals surface area contributed by atoms with Gasteiger partial charge in [0.1, 0.15) is 24.7 Å². The summed E-state index contributed by atoms with van der Waals surface area (Å²) in [5.41, 5.74) is 1.16. The van der Waals surface area contributed by atoms with Crippen molar-refractivity contribution in [1.29, 1.82) is 0 Å². The van der Waals surface area contributed by atoms with Crippen molar-refractivity contribution < 1.29 is 19.0 Å². The van der Waals surface area contributed by atoms with Gasteiger partial charge in [0.25, 0.3) is 0 Å². The van der Waals surface area contributed by atoms with Crippen LogP contribution < -0.4 is 14.8 Å². The van der Waals surface area contributed by atoms with Gasteiger partial charge >= 0.3 is 0 Å². The molecule has 2 aromatic rings. The van der Waals surface area contributed by atoms with Crippen molar-refractivity contribution in [2.75, 3.05) is 52.5 Å². The molecule has 8 heteroatoms. The Hall–Kier alpha value is -2.06. The van der Waals surface area contributed by atoms with Gasteiger partial charge in [-0.15, -0.1) is 0 Å². The second-order valence-electron chi connectivity index (χ2n) is 9.08. The van der Waals surface area contributed by atoms with E-state index in [9.17, 15) is 5.11 Å². The highest BCUT2D eigenvalue weighted by Crippen LogP contribution is 2.47. The molecule has 3 aliphatic heterocycles. The molecule has 2 N–H and O–H groups in total. The van der Waals surface area contributed by atoms with Crippen molar-refractivity contribution >= 4 is 11.6 Å². The van der Waals surface area contributed by atoms with E-state index in [2.05, 4.69) is 15.1 Å². The monoisotopic (exact) mass is 475 g/mol. The van der Waals surface area contributed by atoms with Gasteiger partial charge < -0.3 is 19.9 Å². The van der Waals surface area contributed by atoms with Crippen LogP contribution in [0.15, 0.2) is 24.3 Å². The minimum atomic E-state index is -0.531. The van der Waals surface area contributed by atoms with E-state index in [-0.39, 0.29) is 33.7 Å². The van der Waals surface area contributed by atoms with Gasteiger partial charge in [0, 0.05) is 43.9 Å². The SMILES string of the molecule is Oc1cccc(Cl)c1-c1c(OCCN2CCCCC2)cc2c(c1F)OCC1CNCCN1C2. The predicted octanol–water partition coefficient (Wildman–Crippen LogP) is 3.88. The van der Waals surface area contributed by atoms with Crippen LogP contribution in [-0.2, 0) is 6.54 Å². The van der Waals surface area contributed by atoms with E-state index in [1.54, 1.807) is 12.1 Å². The Morgan fingerprint density at radius 1 is 1.18 bits per heavy atom. The lowest BCUT2D eigenvalue weighted by Crippen LogP contribution is -2.52. The zero-order chi connectivity index (χ0) is 22.8. The van der Waals surface area contributed by atoms with E-state index < -0.39 is 5.82 Å². The second kappa shape index (κ2) is 10.1. The summed E-state index contributed by atoms with van der Waals surface area (Å²) in [4.78, 5) is 4.70. The van der Waals surface area contributed by atoms with E-state index in [0.717, 1.165) is 44.8 Å². The molecular weight excluding hydrogens is 445 g/mol. The number of aromatic hydroxyl groups is 1. The van der Waals surface area contributed by atoms with Crippen LogP contribution in [0.4, 0.5) is 4.39 Å². The highest BCUT2D eigenvalue weighted by Gasteiger charge is 2.32. The number of piperidine rings is 1. The van der Waals surface area contributed by atoms with Crippen LogP contribution >= 0.6 is 11.6 Å². The lowest BCUT2D eigenvalue weighted by Gasteiger charge is -2.33. The topological polar surface area (TPSA) is 57.2 Å². The smallest absolute Gasteiger partial charge is 0.177 e. The van der Waals surface area contributed by atoms with Crippen LogP contribution in [0.25, 0.3) is 11.1 Å². The second-order valence-corrected chi connectivity index (χ2v) is 9.48. The normalized spacial score (nSPS) is 21.6. The van der Waals surface area contributed by atoms with Gasteiger partial charge in [0.2, 0.25) is 0 Å².